The number of hydrogen-bond donors (Lipinski definition) is 1. The van der Waals surface area contributed by atoms with Gasteiger partial charge in [0.2, 0.25) is 0 Å². The van der Waals surface area contributed by atoms with Gasteiger partial charge in [-0.2, -0.15) is 5.26 Å². The zero-order valence-electron chi connectivity index (χ0n) is 8.57. The number of halogens is 1. The topological polar surface area (TPSA) is 35.8 Å². The maximum atomic E-state index is 8.67. The number of benzene rings is 1. The average Bonchev–Trinajstić information content (AvgIpc) is 2.30. The molecule has 1 fully saturated rings. The fourth-order valence-electron chi connectivity index (χ4n) is 1.93. The Labute approximate surface area is 96.7 Å². The molecule has 15 heavy (non-hydrogen) atoms. The predicted molar refractivity (Wildman–Crippen MR) is 63.0 cm³/mol. The minimum atomic E-state index is 0. The van der Waals surface area contributed by atoms with Gasteiger partial charge in [0, 0.05) is 6.04 Å². The van der Waals surface area contributed by atoms with Crippen LogP contribution in [0, 0.1) is 11.3 Å². The Bertz CT molecular complexity index is 334. The van der Waals surface area contributed by atoms with Gasteiger partial charge in [-0.1, -0.05) is 18.6 Å². The van der Waals surface area contributed by atoms with Crippen LogP contribution in [0.25, 0.3) is 0 Å². The first-order chi connectivity index (χ1) is 6.90. The molecule has 1 atom stereocenters. The molecule has 0 radical (unpaired) electrons. The molecule has 0 unspecified atom stereocenters. The molecule has 1 N–H and O–H groups in total. The first-order valence-corrected chi connectivity index (χ1v) is 5.13. The van der Waals surface area contributed by atoms with E-state index in [9.17, 15) is 0 Å². The Morgan fingerprint density at radius 3 is 2.47 bits per heavy atom. The highest BCUT2D eigenvalue weighted by atomic mass is 35.5. The van der Waals surface area contributed by atoms with E-state index in [2.05, 4.69) is 23.5 Å². The molecule has 1 aromatic rings. The van der Waals surface area contributed by atoms with Crippen LogP contribution in [0.5, 0.6) is 0 Å². The number of rotatable bonds is 1. The zero-order valence-corrected chi connectivity index (χ0v) is 9.39. The van der Waals surface area contributed by atoms with Crippen LogP contribution < -0.4 is 5.32 Å². The maximum Gasteiger partial charge on any atom is 0.0991 e. The van der Waals surface area contributed by atoms with E-state index in [1.54, 1.807) is 0 Å². The molecular weight excluding hydrogens is 208 g/mol. The molecule has 0 bridgehead atoms. The van der Waals surface area contributed by atoms with Gasteiger partial charge in [-0.25, -0.2) is 0 Å². The standard InChI is InChI=1S/C12H14N2.ClH/c13-9-10-4-6-11(7-5-10)12-3-1-2-8-14-12;/h4-7,12,14H,1-3,8H2;1H/t12-;/m0./s1. The summed E-state index contributed by atoms with van der Waals surface area (Å²) in [5, 5.41) is 12.2. The molecule has 2 nitrogen and oxygen atoms in total. The minimum absolute atomic E-state index is 0. The number of piperidine rings is 1. The van der Waals surface area contributed by atoms with E-state index in [1.165, 1.54) is 24.8 Å². The lowest BCUT2D eigenvalue weighted by molar-refractivity contribution is 0.412. The second-order valence-electron chi connectivity index (χ2n) is 3.74. The van der Waals surface area contributed by atoms with Gasteiger partial charge in [0.25, 0.3) is 0 Å². The van der Waals surface area contributed by atoms with Gasteiger partial charge in [-0.15, -0.1) is 12.4 Å². The fourth-order valence-corrected chi connectivity index (χ4v) is 1.93. The van der Waals surface area contributed by atoms with Crippen molar-refractivity contribution in [2.45, 2.75) is 25.3 Å². The molecule has 0 spiro atoms. The Hall–Kier alpha value is -1.04. The predicted octanol–water partition coefficient (Wildman–Crippen LogP) is 2.79. The number of nitrogens with one attached hydrogen (secondary N) is 1. The van der Waals surface area contributed by atoms with Crippen LogP contribution in [0.3, 0.4) is 0 Å². The van der Waals surface area contributed by atoms with E-state index in [0.29, 0.717) is 6.04 Å². The van der Waals surface area contributed by atoms with Gasteiger partial charge in [0.15, 0.2) is 0 Å². The van der Waals surface area contributed by atoms with Crippen molar-refractivity contribution >= 4 is 12.4 Å². The summed E-state index contributed by atoms with van der Waals surface area (Å²) in [6, 6.07) is 10.5. The van der Waals surface area contributed by atoms with Crippen LogP contribution in [0.1, 0.15) is 36.4 Å². The van der Waals surface area contributed by atoms with Crippen LogP contribution >= 0.6 is 12.4 Å². The SMILES string of the molecule is Cl.N#Cc1ccc([C@@H]2CCCCN2)cc1. The summed E-state index contributed by atoms with van der Waals surface area (Å²) in [6.07, 6.45) is 3.80. The van der Waals surface area contributed by atoms with Crippen molar-refractivity contribution in [3.05, 3.63) is 35.4 Å². The molecular formula is C12H15ClN2. The van der Waals surface area contributed by atoms with Gasteiger partial charge in [0.1, 0.15) is 0 Å². The third-order valence-corrected chi connectivity index (χ3v) is 2.75. The van der Waals surface area contributed by atoms with E-state index < -0.39 is 0 Å². The van der Waals surface area contributed by atoms with Crippen molar-refractivity contribution < 1.29 is 0 Å². The number of nitrogens with zero attached hydrogens (tertiary/aromatic N) is 1. The minimum Gasteiger partial charge on any atom is -0.310 e. The summed E-state index contributed by atoms with van der Waals surface area (Å²) in [5.74, 6) is 0. The van der Waals surface area contributed by atoms with Crippen LogP contribution in [0.4, 0.5) is 0 Å². The second-order valence-corrected chi connectivity index (χ2v) is 3.74. The highest BCUT2D eigenvalue weighted by molar-refractivity contribution is 5.85. The Kier molecular flexibility index (Phi) is 4.61. The van der Waals surface area contributed by atoms with Crippen molar-refractivity contribution in [1.29, 1.82) is 5.26 Å². The quantitative estimate of drug-likeness (QED) is 0.793. The Morgan fingerprint density at radius 2 is 1.93 bits per heavy atom. The van der Waals surface area contributed by atoms with Crippen molar-refractivity contribution in [2.24, 2.45) is 0 Å². The first kappa shape index (κ1) is 12.0. The van der Waals surface area contributed by atoms with Gasteiger partial charge in [0.05, 0.1) is 11.6 Å². The molecule has 2 rings (SSSR count). The highest BCUT2D eigenvalue weighted by Crippen LogP contribution is 2.22. The monoisotopic (exact) mass is 222 g/mol. The molecule has 1 heterocycles. The summed E-state index contributed by atoms with van der Waals surface area (Å²) in [5.41, 5.74) is 2.05. The van der Waals surface area contributed by atoms with E-state index in [-0.39, 0.29) is 12.4 Å². The molecule has 80 valence electrons. The summed E-state index contributed by atoms with van der Waals surface area (Å²) in [6.45, 7) is 1.12. The van der Waals surface area contributed by atoms with Crippen molar-refractivity contribution in [1.82, 2.24) is 5.32 Å². The van der Waals surface area contributed by atoms with Crippen LogP contribution in [0.2, 0.25) is 0 Å². The third kappa shape index (κ3) is 2.95. The van der Waals surface area contributed by atoms with Gasteiger partial charge in [-0.05, 0) is 37.1 Å². The summed E-state index contributed by atoms with van der Waals surface area (Å²) < 4.78 is 0. The van der Waals surface area contributed by atoms with Crippen LogP contribution in [-0.2, 0) is 0 Å². The molecule has 1 saturated heterocycles. The lowest BCUT2D eigenvalue weighted by Crippen LogP contribution is -2.26. The first-order valence-electron chi connectivity index (χ1n) is 5.13. The zero-order chi connectivity index (χ0) is 9.80. The largest absolute Gasteiger partial charge is 0.310 e. The van der Waals surface area contributed by atoms with Gasteiger partial charge >= 0.3 is 0 Å². The van der Waals surface area contributed by atoms with Crippen molar-refractivity contribution in [3.63, 3.8) is 0 Å². The Balaban J connectivity index is 0.00000112. The molecule has 0 aliphatic carbocycles. The molecule has 0 saturated carbocycles. The van der Waals surface area contributed by atoms with E-state index in [4.69, 9.17) is 5.26 Å². The molecule has 0 aromatic heterocycles. The van der Waals surface area contributed by atoms with Crippen LogP contribution in [0.15, 0.2) is 24.3 Å². The smallest absolute Gasteiger partial charge is 0.0991 e. The molecule has 3 heteroatoms. The third-order valence-electron chi connectivity index (χ3n) is 2.75. The molecule has 1 aromatic carbocycles. The van der Waals surface area contributed by atoms with Crippen LogP contribution in [-0.4, -0.2) is 6.54 Å². The summed E-state index contributed by atoms with van der Waals surface area (Å²) >= 11 is 0. The van der Waals surface area contributed by atoms with E-state index in [1.807, 2.05) is 12.1 Å². The maximum absolute atomic E-state index is 8.67. The second kappa shape index (κ2) is 5.75. The van der Waals surface area contributed by atoms with Crippen molar-refractivity contribution in [2.75, 3.05) is 6.54 Å². The average molecular weight is 223 g/mol. The normalized spacial score (nSPS) is 20.1. The molecule has 0 amide bonds. The molecule has 1 aliphatic heterocycles. The Morgan fingerprint density at radius 1 is 1.20 bits per heavy atom. The summed E-state index contributed by atoms with van der Waals surface area (Å²) in [4.78, 5) is 0. The van der Waals surface area contributed by atoms with E-state index >= 15 is 0 Å². The lowest BCUT2D eigenvalue weighted by atomic mass is 9.97. The van der Waals surface area contributed by atoms with Gasteiger partial charge in [-0.3, -0.25) is 0 Å². The summed E-state index contributed by atoms with van der Waals surface area (Å²) in [7, 11) is 0. The number of nitriles is 1. The number of hydrogen-bond acceptors (Lipinski definition) is 2. The van der Waals surface area contributed by atoms with Gasteiger partial charge < -0.3 is 5.32 Å². The van der Waals surface area contributed by atoms with E-state index in [0.717, 1.165) is 12.1 Å². The molecule has 1 aliphatic rings. The van der Waals surface area contributed by atoms with Crippen molar-refractivity contribution in [3.8, 4) is 6.07 Å². The highest BCUT2D eigenvalue weighted by Gasteiger charge is 2.13. The lowest BCUT2D eigenvalue weighted by Gasteiger charge is -2.23. The fraction of sp³-hybridized carbons (Fsp3) is 0.417.